The highest BCUT2D eigenvalue weighted by atomic mass is 32.2. The molecule has 0 bridgehead atoms. The maximum absolute atomic E-state index is 12.3. The van der Waals surface area contributed by atoms with E-state index < -0.39 is 9.84 Å². The van der Waals surface area contributed by atoms with Crippen molar-refractivity contribution in [3.63, 3.8) is 0 Å². The molecule has 1 saturated heterocycles. The molecule has 1 heterocycles. The van der Waals surface area contributed by atoms with Gasteiger partial charge < -0.3 is 15.2 Å². The van der Waals surface area contributed by atoms with E-state index in [0.717, 1.165) is 18.4 Å². The van der Waals surface area contributed by atoms with Crippen LogP contribution in [0.5, 0.6) is 5.75 Å². The summed E-state index contributed by atoms with van der Waals surface area (Å²) in [6.07, 6.45) is 1.58. The summed E-state index contributed by atoms with van der Waals surface area (Å²) >= 11 is 0. The van der Waals surface area contributed by atoms with Crippen molar-refractivity contribution in [1.82, 2.24) is 0 Å². The van der Waals surface area contributed by atoms with Crippen LogP contribution in [-0.2, 0) is 20.3 Å². The summed E-state index contributed by atoms with van der Waals surface area (Å²) in [5.41, 5.74) is 7.42. The molecule has 0 spiro atoms. The van der Waals surface area contributed by atoms with Gasteiger partial charge >= 0.3 is 0 Å². The number of hydrogen-bond donors (Lipinski definition) is 1. The third-order valence-electron chi connectivity index (χ3n) is 3.67. The molecule has 0 amide bonds. The van der Waals surface area contributed by atoms with Crippen LogP contribution in [-0.4, -0.2) is 34.0 Å². The molecule has 0 aromatic heterocycles. The fraction of sp³-hybridized carbons (Fsp3) is 0.600. The number of rotatable bonds is 6. The Morgan fingerprint density at radius 3 is 2.81 bits per heavy atom. The first-order valence-corrected chi connectivity index (χ1v) is 8.98. The fourth-order valence-electron chi connectivity index (χ4n) is 2.55. The van der Waals surface area contributed by atoms with Crippen LogP contribution in [0.25, 0.3) is 0 Å². The molecule has 6 heteroatoms. The fourth-order valence-corrected chi connectivity index (χ4v) is 4.20. The van der Waals surface area contributed by atoms with Gasteiger partial charge in [-0.1, -0.05) is 6.07 Å². The first-order valence-electron chi connectivity index (χ1n) is 7.15. The number of nitrogens with two attached hydrogens (primary N) is 1. The second-order valence-electron chi connectivity index (χ2n) is 5.55. The van der Waals surface area contributed by atoms with Crippen molar-refractivity contribution in [3.05, 3.63) is 29.3 Å². The predicted molar refractivity (Wildman–Crippen MR) is 82.1 cm³/mol. The van der Waals surface area contributed by atoms with E-state index in [9.17, 15) is 8.42 Å². The molecule has 21 heavy (non-hydrogen) atoms. The van der Waals surface area contributed by atoms with Crippen molar-refractivity contribution in [2.45, 2.75) is 37.7 Å². The Bertz CT molecular complexity index is 577. The molecule has 1 aliphatic rings. The van der Waals surface area contributed by atoms with Gasteiger partial charge in [0.05, 0.1) is 24.7 Å². The number of hydrogen-bond acceptors (Lipinski definition) is 5. The highest BCUT2D eigenvalue weighted by molar-refractivity contribution is 7.90. The Hall–Kier alpha value is -1.11. The lowest BCUT2D eigenvalue weighted by atomic mass is 10.1. The maximum Gasteiger partial charge on any atom is 0.157 e. The van der Waals surface area contributed by atoms with Gasteiger partial charge in [-0.2, -0.15) is 0 Å². The average Bonchev–Trinajstić information content (AvgIpc) is 2.90. The zero-order chi connectivity index (χ0) is 15.5. The summed E-state index contributed by atoms with van der Waals surface area (Å²) in [5.74, 6) is 0.602. The van der Waals surface area contributed by atoms with Gasteiger partial charge in [-0.15, -0.1) is 0 Å². The second-order valence-corrected chi connectivity index (χ2v) is 7.66. The zero-order valence-electron chi connectivity index (χ0n) is 12.5. The summed E-state index contributed by atoms with van der Waals surface area (Å²) in [7, 11) is -1.70. The molecule has 5 nitrogen and oxygen atoms in total. The van der Waals surface area contributed by atoms with Crippen molar-refractivity contribution < 1.29 is 17.9 Å². The minimum atomic E-state index is -3.24. The van der Waals surface area contributed by atoms with Crippen LogP contribution in [0, 0.1) is 0 Å². The van der Waals surface area contributed by atoms with E-state index in [0.29, 0.717) is 17.9 Å². The molecule has 2 N–H and O–H groups in total. The first kappa shape index (κ1) is 16.3. The van der Waals surface area contributed by atoms with Crippen LogP contribution in [0.3, 0.4) is 0 Å². The molecule has 1 aliphatic heterocycles. The monoisotopic (exact) mass is 313 g/mol. The lowest BCUT2D eigenvalue weighted by molar-refractivity contribution is 0.127. The van der Waals surface area contributed by atoms with Crippen molar-refractivity contribution >= 4 is 9.84 Å². The summed E-state index contributed by atoms with van der Waals surface area (Å²) in [6, 6.07) is 5.31. The Morgan fingerprint density at radius 2 is 2.24 bits per heavy atom. The summed E-state index contributed by atoms with van der Waals surface area (Å²) in [4.78, 5) is 0. The topological polar surface area (TPSA) is 78.6 Å². The molecule has 2 rings (SSSR count). The van der Waals surface area contributed by atoms with Crippen LogP contribution in [0.15, 0.2) is 18.2 Å². The molecule has 0 aliphatic carbocycles. The Kier molecular flexibility index (Phi) is 5.24. The molecular formula is C15H23NO4S. The molecule has 1 fully saturated rings. The van der Waals surface area contributed by atoms with E-state index in [-0.39, 0.29) is 23.7 Å². The van der Waals surface area contributed by atoms with E-state index in [4.69, 9.17) is 15.2 Å². The van der Waals surface area contributed by atoms with Gasteiger partial charge in [0.2, 0.25) is 0 Å². The van der Waals surface area contributed by atoms with E-state index in [2.05, 4.69) is 0 Å². The zero-order valence-corrected chi connectivity index (χ0v) is 13.4. The minimum Gasteiger partial charge on any atom is -0.496 e. The largest absolute Gasteiger partial charge is 0.496 e. The summed E-state index contributed by atoms with van der Waals surface area (Å²) < 4.78 is 35.4. The van der Waals surface area contributed by atoms with E-state index in [1.165, 1.54) is 7.11 Å². The van der Waals surface area contributed by atoms with Crippen molar-refractivity contribution in [2.24, 2.45) is 5.73 Å². The first-order chi connectivity index (χ1) is 9.91. The molecule has 2 atom stereocenters. The van der Waals surface area contributed by atoms with Crippen LogP contribution < -0.4 is 10.5 Å². The van der Waals surface area contributed by atoms with Crippen LogP contribution in [0.1, 0.15) is 36.9 Å². The lowest BCUT2D eigenvalue weighted by Gasteiger charge is -2.14. The number of ether oxygens (including phenoxy) is 2. The third kappa shape index (κ3) is 4.43. The molecule has 0 radical (unpaired) electrons. The SMILES string of the molecule is COc1ccc(C(C)N)cc1CS(=O)(=O)CC1CCCO1. The highest BCUT2D eigenvalue weighted by Crippen LogP contribution is 2.25. The minimum absolute atomic E-state index is 0.0450. The van der Waals surface area contributed by atoms with E-state index >= 15 is 0 Å². The van der Waals surface area contributed by atoms with Gasteiger partial charge in [-0.3, -0.25) is 0 Å². The number of sulfone groups is 1. The molecular weight excluding hydrogens is 290 g/mol. The van der Waals surface area contributed by atoms with E-state index in [1.54, 1.807) is 6.07 Å². The maximum atomic E-state index is 12.3. The molecule has 1 aromatic carbocycles. The molecule has 0 saturated carbocycles. The van der Waals surface area contributed by atoms with Gasteiger partial charge in [-0.25, -0.2) is 8.42 Å². The number of methoxy groups -OCH3 is 1. The van der Waals surface area contributed by atoms with Crippen molar-refractivity contribution in [2.75, 3.05) is 19.5 Å². The van der Waals surface area contributed by atoms with Gasteiger partial charge in [0, 0.05) is 18.2 Å². The Morgan fingerprint density at radius 1 is 1.48 bits per heavy atom. The molecule has 1 aromatic rings. The smallest absolute Gasteiger partial charge is 0.157 e. The lowest BCUT2D eigenvalue weighted by Crippen LogP contribution is -2.21. The van der Waals surface area contributed by atoms with Crippen molar-refractivity contribution in [3.8, 4) is 5.75 Å². The van der Waals surface area contributed by atoms with Gasteiger partial charge in [0.25, 0.3) is 0 Å². The Balaban J connectivity index is 2.18. The summed E-state index contributed by atoms with van der Waals surface area (Å²) in [6.45, 7) is 2.52. The molecule has 118 valence electrons. The second kappa shape index (κ2) is 6.77. The predicted octanol–water partition coefficient (Wildman–Crippen LogP) is 1.81. The van der Waals surface area contributed by atoms with Gasteiger partial charge in [-0.05, 0) is 37.5 Å². The van der Waals surface area contributed by atoms with Crippen LogP contribution in [0.2, 0.25) is 0 Å². The normalized spacial score (nSPS) is 20.4. The van der Waals surface area contributed by atoms with Crippen LogP contribution in [0.4, 0.5) is 0 Å². The van der Waals surface area contributed by atoms with Gasteiger partial charge in [0.15, 0.2) is 9.84 Å². The molecule has 2 unspecified atom stereocenters. The van der Waals surface area contributed by atoms with Crippen LogP contribution >= 0.6 is 0 Å². The highest BCUT2D eigenvalue weighted by Gasteiger charge is 2.24. The standard InChI is InChI=1S/C15H23NO4S/c1-11(16)12-5-6-15(19-2)13(8-12)9-21(17,18)10-14-4-3-7-20-14/h5-6,8,11,14H,3-4,7,9-10,16H2,1-2H3. The van der Waals surface area contributed by atoms with E-state index in [1.807, 2.05) is 19.1 Å². The third-order valence-corrected chi connectivity index (χ3v) is 5.30. The van der Waals surface area contributed by atoms with Gasteiger partial charge in [0.1, 0.15) is 5.75 Å². The number of benzene rings is 1. The van der Waals surface area contributed by atoms with Crippen molar-refractivity contribution in [1.29, 1.82) is 0 Å². The average molecular weight is 313 g/mol. The quantitative estimate of drug-likeness (QED) is 0.866. The summed E-state index contributed by atoms with van der Waals surface area (Å²) in [5, 5.41) is 0. The Labute approximate surface area is 126 Å².